The quantitative estimate of drug-likeness (QED) is 0.520. The molecule has 3 nitrogen and oxygen atoms in total. The van der Waals surface area contributed by atoms with E-state index < -0.39 is 11.8 Å². The van der Waals surface area contributed by atoms with Crippen molar-refractivity contribution in [3.63, 3.8) is 0 Å². The highest BCUT2D eigenvalue weighted by atomic mass is 16.5. The maximum Gasteiger partial charge on any atom is 0.153 e. The van der Waals surface area contributed by atoms with Gasteiger partial charge in [-0.25, -0.2) is 0 Å². The predicted molar refractivity (Wildman–Crippen MR) is 47.3 cm³/mol. The molecule has 0 amide bonds. The Morgan fingerprint density at radius 2 is 2.33 bits per heavy atom. The standard InChI is InChI=1S/C9H15NO2/c1-7-2-4-9(10,5-3-7)6-8(11)12/h2-4,8,11-12H,5-6,10H2,1H3. The average Bonchev–Trinajstić information content (AvgIpc) is 1.94. The Balaban J connectivity index is 2.59. The van der Waals surface area contributed by atoms with Gasteiger partial charge in [0.05, 0.1) is 0 Å². The van der Waals surface area contributed by atoms with Crippen LogP contribution in [0.2, 0.25) is 0 Å². The van der Waals surface area contributed by atoms with Crippen LogP contribution in [0.4, 0.5) is 0 Å². The molecule has 0 aliphatic heterocycles. The van der Waals surface area contributed by atoms with E-state index in [-0.39, 0.29) is 6.42 Å². The van der Waals surface area contributed by atoms with Crippen molar-refractivity contribution in [1.82, 2.24) is 0 Å². The van der Waals surface area contributed by atoms with Gasteiger partial charge in [-0.1, -0.05) is 23.8 Å². The summed E-state index contributed by atoms with van der Waals surface area (Å²) < 4.78 is 0. The largest absolute Gasteiger partial charge is 0.368 e. The second-order valence-electron chi connectivity index (χ2n) is 3.40. The van der Waals surface area contributed by atoms with E-state index in [0.717, 1.165) is 0 Å². The molecule has 0 heterocycles. The van der Waals surface area contributed by atoms with E-state index in [1.807, 2.05) is 25.2 Å². The zero-order valence-corrected chi connectivity index (χ0v) is 7.20. The van der Waals surface area contributed by atoms with Crippen molar-refractivity contribution in [1.29, 1.82) is 0 Å². The molecular formula is C9H15NO2. The summed E-state index contributed by atoms with van der Waals surface area (Å²) in [5.41, 5.74) is 6.47. The maximum absolute atomic E-state index is 8.76. The Kier molecular flexibility index (Phi) is 2.67. The zero-order chi connectivity index (χ0) is 9.19. The van der Waals surface area contributed by atoms with Crippen molar-refractivity contribution in [3.05, 3.63) is 23.8 Å². The van der Waals surface area contributed by atoms with E-state index in [4.69, 9.17) is 15.9 Å². The van der Waals surface area contributed by atoms with Crippen molar-refractivity contribution in [3.8, 4) is 0 Å². The molecule has 1 atom stereocenters. The Bertz CT molecular complexity index is 221. The molecule has 1 aliphatic carbocycles. The molecule has 1 aliphatic rings. The van der Waals surface area contributed by atoms with Crippen LogP contribution < -0.4 is 5.73 Å². The van der Waals surface area contributed by atoms with Gasteiger partial charge < -0.3 is 15.9 Å². The fourth-order valence-corrected chi connectivity index (χ4v) is 1.28. The van der Waals surface area contributed by atoms with E-state index in [1.165, 1.54) is 5.57 Å². The van der Waals surface area contributed by atoms with Crippen molar-refractivity contribution in [2.45, 2.75) is 31.6 Å². The van der Waals surface area contributed by atoms with Crippen LogP contribution in [0, 0.1) is 0 Å². The molecule has 68 valence electrons. The Morgan fingerprint density at radius 1 is 1.67 bits per heavy atom. The van der Waals surface area contributed by atoms with Crippen LogP contribution in [0.3, 0.4) is 0 Å². The van der Waals surface area contributed by atoms with Gasteiger partial charge in [0.1, 0.15) is 0 Å². The molecular weight excluding hydrogens is 154 g/mol. The predicted octanol–water partition coefficient (Wildman–Crippen LogP) is 0.291. The number of hydrogen-bond acceptors (Lipinski definition) is 3. The molecule has 0 aromatic rings. The van der Waals surface area contributed by atoms with Crippen molar-refractivity contribution < 1.29 is 10.2 Å². The number of allylic oxidation sites excluding steroid dienone is 2. The van der Waals surface area contributed by atoms with Crippen LogP contribution in [0.25, 0.3) is 0 Å². The summed E-state index contributed by atoms with van der Waals surface area (Å²) in [4.78, 5) is 0. The van der Waals surface area contributed by atoms with E-state index in [2.05, 4.69) is 0 Å². The Hall–Kier alpha value is -0.640. The highest BCUT2D eigenvalue weighted by Crippen LogP contribution is 2.22. The normalized spacial score (nSPS) is 29.2. The van der Waals surface area contributed by atoms with E-state index in [9.17, 15) is 0 Å². The molecule has 0 aromatic carbocycles. The van der Waals surface area contributed by atoms with Crippen molar-refractivity contribution in [2.75, 3.05) is 0 Å². The lowest BCUT2D eigenvalue weighted by Gasteiger charge is -2.28. The molecule has 0 radical (unpaired) electrons. The second kappa shape index (κ2) is 3.39. The maximum atomic E-state index is 8.76. The smallest absolute Gasteiger partial charge is 0.153 e. The fourth-order valence-electron chi connectivity index (χ4n) is 1.28. The lowest BCUT2D eigenvalue weighted by atomic mass is 9.87. The number of hydrogen-bond donors (Lipinski definition) is 3. The van der Waals surface area contributed by atoms with Crippen LogP contribution in [-0.2, 0) is 0 Å². The molecule has 0 saturated heterocycles. The lowest BCUT2D eigenvalue weighted by molar-refractivity contribution is -0.0550. The molecule has 1 rings (SSSR count). The van der Waals surface area contributed by atoms with Gasteiger partial charge in [-0.2, -0.15) is 0 Å². The molecule has 12 heavy (non-hydrogen) atoms. The molecule has 0 saturated carbocycles. The highest BCUT2D eigenvalue weighted by molar-refractivity contribution is 5.27. The van der Waals surface area contributed by atoms with E-state index >= 15 is 0 Å². The SMILES string of the molecule is CC1=CCC(N)(CC(O)O)C=C1. The van der Waals surface area contributed by atoms with Crippen LogP contribution in [-0.4, -0.2) is 22.0 Å². The minimum Gasteiger partial charge on any atom is -0.368 e. The number of rotatable bonds is 2. The summed E-state index contributed by atoms with van der Waals surface area (Å²) in [6.07, 6.45) is 5.28. The third-order valence-electron chi connectivity index (χ3n) is 2.04. The summed E-state index contributed by atoms with van der Waals surface area (Å²) >= 11 is 0. The molecule has 0 fully saturated rings. The number of aliphatic hydroxyl groups excluding tert-OH is 1. The summed E-state index contributed by atoms with van der Waals surface area (Å²) in [5, 5.41) is 17.5. The molecule has 3 heteroatoms. The third kappa shape index (κ3) is 2.44. The molecule has 0 spiro atoms. The highest BCUT2D eigenvalue weighted by Gasteiger charge is 2.24. The second-order valence-corrected chi connectivity index (χ2v) is 3.40. The summed E-state index contributed by atoms with van der Waals surface area (Å²) in [6, 6.07) is 0. The first-order valence-electron chi connectivity index (χ1n) is 4.03. The minimum atomic E-state index is -1.33. The number of aliphatic hydroxyl groups is 2. The van der Waals surface area contributed by atoms with Gasteiger partial charge in [-0.3, -0.25) is 0 Å². The molecule has 1 unspecified atom stereocenters. The van der Waals surface area contributed by atoms with E-state index in [1.54, 1.807) is 0 Å². The number of nitrogens with two attached hydrogens (primary N) is 1. The topological polar surface area (TPSA) is 66.5 Å². The van der Waals surface area contributed by atoms with Crippen LogP contribution in [0.1, 0.15) is 19.8 Å². The zero-order valence-electron chi connectivity index (χ0n) is 7.20. The van der Waals surface area contributed by atoms with Gasteiger partial charge in [0.2, 0.25) is 0 Å². The van der Waals surface area contributed by atoms with Gasteiger partial charge in [0.15, 0.2) is 6.29 Å². The van der Waals surface area contributed by atoms with Crippen LogP contribution in [0.15, 0.2) is 23.8 Å². The summed E-state index contributed by atoms with van der Waals surface area (Å²) in [6.45, 7) is 1.99. The lowest BCUT2D eigenvalue weighted by Crippen LogP contribution is -2.41. The third-order valence-corrected chi connectivity index (χ3v) is 2.04. The van der Waals surface area contributed by atoms with Gasteiger partial charge in [0.25, 0.3) is 0 Å². The Labute approximate surface area is 72.2 Å². The van der Waals surface area contributed by atoms with Gasteiger partial charge in [-0.15, -0.1) is 0 Å². The monoisotopic (exact) mass is 169 g/mol. The minimum absolute atomic E-state index is 0.188. The van der Waals surface area contributed by atoms with Crippen LogP contribution >= 0.6 is 0 Å². The van der Waals surface area contributed by atoms with E-state index in [0.29, 0.717) is 6.42 Å². The first kappa shape index (κ1) is 9.45. The molecule has 0 bridgehead atoms. The van der Waals surface area contributed by atoms with Gasteiger partial charge >= 0.3 is 0 Å². The first-order valence-corrected chi connectivity index (χ1v) is 4.03. The first-order chi connectivity index (χ1) is 5.52. The molecule has 0 aromatic heterocycles. The summed E-state index contributed by atoms with van der Waals surface area (Å²) in [5.74, 6) is 0. The van der Waals surface area contributed by atoms with Crippen molar-refractivity contribution in [2.24, 2.45) is 5.73 Å². The summed E-state index contributed by atoms with van der Waals surface area (Å²) in [7, 11) is 0. The van der Waals surface area contributed by atoms with Crippen LogP contribution in [0.5, 0.6) is 0 Å². The van der Waals surface area contributed by atoms with Crippen molar-refractivity contribution >= 4 is 0 Å². The molecule has 4 N–H and O–H groups in total. The van der Waals surface area contributed by atoms with Gasteiger partial charge in [-0.05, 0) is 13.3 Å². The fraction of sp³-hybridized carbons (Fsp3) is 0.556. The van der Waals surface area contributed by atoms with Gasteiger partial charge in [0, 0.05) is 12.0 Å². The Morgan fingerprint density at radius 3 is 2.75 bits per heavy atom. The average molecular weight is 169 g/mol.